The molecule has 3 fully saturated rings. The first-order chi connectivity index (χ1) is 19.4. The van der Waals surface area contributed by atoms with Gasteiger partial charge in [-0.25, -0.2) is 8.42 Å². The highest BCUT2D eigenvalue weighted by atomic mass is 32.2. The summed E-state index contributed by atoms with van der Waals surface area (Å²) in [5.41, 5.74) is 5.53. The van der Waals surface area contributed by atoms with Crippen molar-refractivity contribution in [3.05, 3.63) is 70.8 Å². The number of hydrogen-bond acceptors (Lipinski definition) is 4. The van der Waals surface area contributed by atoms with Crippen LogP contribution in [0.15, 0.2) is 59.7 Å². The van der Waals surface area contributed by atoms with Gasteiger partial charge in [-0.3, -0.25) is 4.79 Å². The molecule has 4 rings (SSSR count). The number of aryl methyl sites for hydroxylation is 1. The van der Waals surface area contributed by atoms with Crippen LogP contribution in [-0.4, -0.2) is 38.6 Å². The SMILES string of the molecule is C=C1/C(=C\C=C2/CCC[C@]3(C)[C@@H]([C@H](C)CS(=O)(=O)C(=O)c4ccc(C)cc4)CC[C@@H]23)C[C@@H](O)CC1[Si](C)(C)C(C)(C)C. The van der Waals surface area contributed by atoms with Crippen molar-refractivity contribution < 1.29 is 18.3 Å². The summed E-state index contributed by atoms with van der Waals surface area (Å²) in [4.78, 5) is 12.9. The second-order valence-corrected chi connectivity index (χ2v) is 23.2. The van der Waals surface area contributed by atoms with Crippen LogP contribution in [0.25, 0.3) is 0 Å². The van der Waals surface area contributed by atoms with Gasteiger partial charge in [-0.05, 0) is 91.2 Å². The lowest BCUT2D eigenvalue weighted by Gasteiger charge is -2.47. The van der Waals surface area contributed by atoms with Gasteiger partial charge in [-0.15, -0.1) is 0 Å². The van der Waals surface area contributed by atoms with Crippen molar-refractivity contribution in [3.8, 4) is 0 Å². The van der Waals surface area contributed by atoms with E-state index in [4.69, 9.17) is 0 Å². The molecule has 3 aliphatic carbocycles. The molecule has 6 atom stereocenters. The minimum absolute atomic E-state index is 0.0250. The van der Waals surface area contributed by atoms with Crippen LogP contribution in [0, 0.1) is 30.1 Å². The zero-order valence-electron chi connectivity index (χ0n) is 27.3. The molecule has 0 spiro atoms. The summed E-state index contributed by atoms with van der Waals surface area (Å²) < 4.78 is 26.4. The van der Waals surface area contributed by atoms with Crippen LogP contribution in [0.2, 0.25) is 23.7 Å². The maximum atomic E-state index is 13.2. The van der Waals surface area contributed by atoms with Gasteiger partial charge in [-0.1, -0.05) is 107 Å². The Morgan fingerprint density at radius 3 is 2.43 bits per heavy atom. The van der Waals surface area contributed by atoms with E-state index in [9.17, 15) is 18.3 Å². The molecule has 0 bridgehead atoms. The van der Waals surface area contributed by atoms with E-state index in [-0.39, 0.29) is 39.7 Å². The van der Waals surface area contributed by atoms with Gasteiger partial charge in [0.15, 0.2) is 0 Å². The van der Waals surface area contributed by atoms with E-state index >= 15 is 0 Å². The Morgan fingerprint density at radius 1 is 1.17 bits per heavy atom. The number of aliphatic hydroxyl groups is 1. The van der Waals surface area contributed by atoms with E-state index in [2.05, 4.69) is 59.5 Å². The average molecular weight is 611 g/mol. The number of carbonyl (C=O) groups is 1. The molecule has 0 heterocycles. The van der Waals surface area contributed by atoms with Crippen molar-refractivity contribution in [2.45, 2.75) is 116 Å². The van der Waals surface area contributed by atoms with E-state index in [1.54, 1.807) is 24.3 Å². The molecule has 3 aliphatic rings. The molecule has 0 aliphatic heterocycles. The number of rotatable bonds is 6. The van der Waals surface area contributed by atoms with Crippen molar-refractivity contribution in [2.24, 2.45) is 23.2 Å². The lowest BCUT2D eigenvalue weighted by atomic mass is 9.61. The Balaban J connectivity index is 1.53. The summed E-state index contributed by atoms with van der Waals surface area (Å²) in [6.07, 6.45) is 11.0. The van der Waals surface area contributed by atoms with Gasteiger partial charge in [0.05, 0.1) is 19.9 Å². The normalized spacial score (nSPS) is 31.8. The maximum absolute atomic E-state index is 13.2. The zero-order valence-corrected chi connectivity index (χ0v) is 29.1. The van der Waals surface area contributed by atoms with Gasteiger partial charge in [-0.2, -0.15) is 0 Å². The second kappa shape index (κ2) is 12.0. The zero-order chi connectivity index (χ0) is 31.3. The molecule has 232 valence electrons. The summed E-state index contributed by atoms with van der Waals surface area (Å²) in [5.74, 6) is 0.496. The average Bonchev–Trinajstić information content (AvgIpc) is 3.25. The topological polar surface area (TPSA) is 71.4 Å². The van der Waals surface area contributed by atoms with Gasteiger partial charge < -0.3 is 5.11 Å². The molecule has 4 nitrogen and oxygen atoms in total. The summed E-state index contributed by atoms with van der Waals surface area (Å²) in [5, 5.41) is 10.4. The molecule has 1 aromatic carbocycles. The van der Waals surface area contributed by atoms with Gasteiger partial charge in [0, 0.05) is 5.56 Å². The number of sulfone groups is 1. The molecular weight excluding hydrogens is 557 g/mol. The molecule has 0 saturated heterocycles. The minimum atomic E-state index is -3.90. The van der Waals surface area contributed by atoms with Gasteiger partial charge in [0.1, 0.15) is 0 Å². The van der Waals surface area contributed by atoms with Crippen LogP contribution in [0.1, 0.15) is 95.5 Å². The van der Waals surface area contributed by atoms with Gasteiger partial charge in [0.25, 0.3) is 5.12 Å². The van der Waals surface area contributed by atoms with E-state index in [0.29, 0.717) is 17.9 Å². The predicted molar refractivity (Wildman–Crippen MR) is 178 cm³/mol. The van der Waals surface area contributed by atoms with Crippen molar-refractivity contribution >= 4 is 23.0 Å². The van der Waals surface area contributed by atoms with E-state index < -0.39 is 23.0 Å². The molecule has 1 N–H and O–H groups in total. The summed E-state index contributed by atoms with van der Waals surface area (Å²) in [6.45, 7) is 22.8. The van der Waals surface area contributed by atoms with E-state index in [1.165, 1.54) is 16.7 Å². The Morgan fingerprint density at radius 2 is 1.81 bits per heavy atom. The second-order valence-electron chi connectivity index (χ2n) is 15.6. The highest BCUT2D eigenvalue weighted by Gasteiger charge is 2.51. The largest absolute Gasteiger partial charge is 0.393 e. The quantitative estimate of drug-likeness (QED) is 0.327. The number of allylic oxidation sites excluding steroid dienone is 4. The first-order valence-corrected chi connectivity index (χ1v) is 20.7. The number of aliphatic hydroxyl groups excluding tert-OH is 1. The molecular formula is C36H54O4SSi. The molecule has 1 aromatic rings. The summed E-state index contributed by atoms with van der Waals surface area (Å²) in [7, 11) is -5.62. The third kappa shape index (κ3) is 6.37. The predicted octanol–water partition coefficient (Wildman–Crippen LogP) is 8.84. The molecule has 0 aromatic heterocycles. The smallest absolute Gasteiger partial charge is 0.276 e. The molecule has 3 saturated carbocycles. The molecule has 42 heavy (non-hydrogen) atoms. The number of fused-ring (bicyclic) bond motifs is 1. The Bertz CT molecular complexity index is 1360. The highest BCUT2D eigenvalue weighted by Crippen LogP contribution is 2.60. The fraction of sp³-hybridized carbons (Fsp3) is 0.639. The third-order valence-corrected chi connectivity index (χ3v) is 19.8. The fourth-order valence-electron chi connectivity index (χ4n) is 8.36. The van der Waals surface area contributed by atoms with Crippen molar-refractivity contribution in [1.82, 2.24) is 0 Å². The summed E-state index contributed by atoms with van der Waals surface area (Å²) >= 11 is 0. The van der Waals surface area contributed by atoms with Crippen LogP contribution in [0.4, 0.5) is 0 Å². The molecule has 6 heteroatoms. The Labute approximate surface area is 256 Å². The minimum Gasteiger partial charge on any atom is -0.393 e. The third-order valence-electron chi connectivity index (χ3n) is 11.9. The number of carbonyl (C=O) groups excluding carboxylic acids is 1. The Kier molecular flexibility index (Phi) is 9.44. The lowest BCUT2D eigenvalue weighted by molar-refractivity contribution is 0.102. The van der Waals surface area contributed by atoms with E-state index in [1.807, 2.05) is 13.8 Å². The lowest BCUT2D eigenvalue weighted by Crippen LogP contribution is -2.45. The monoisotopic (exact) mass is 610 g/mol. The first-order valence-electron chi connectivity index (χ1n) is 16.0. The highest BCUT2D eigenvalue weighted by molar-refractivity contribution is 8.06. The van der Waals surface area contributed by atoms with Crippen LogP contribution < -0.4 is 0 Å². The fourth-order valence-corrected chi connectivity index (χ4v) is 12.9. The molecule has 1 unspecified atom stereocenters. The number of hydrogen-bond donors (Lipinski definition) is 1. The van der Waals surface area contributed by atoms with Crippen molar-refractivity contribution in [2.75, 3.05) is 5.75 Å². The van der Waals surface area contributed by atoms with Crippen molar-refractivity contribution in [1.29, 1.82) is 0 Å². The van der Waals surface area contributed by atoms with Gasteiger partial charge >= 0.3 is 0 Å². The molecule has 0 amide bonds. The van der Waals surface area contributed by atoms with Crippen molar-refractivity contribution in [3.63, 3.8) is 0 Å². The number of benzene rings is 1. The van der Waals surface area contributed by atoms with Crippen LogP contribution in [-0.2, 0) is 9.84 Å². The standard InChI is InChI=1S/C36H54O4SSi/c1-24-12-14-28(15-13-24)34(38)41(39,40)23-25(2)31-18-19-32-27(11-10-20-36(31,32)7)16-17-29-21-30(37)22-33(26(29)3)42(8,9)35(4,5)6/h12-17,25,30-33,37H,3,10-11,18-23H2,1-2,4-9H3/b27-16+,29-17-/t25-,30-,31-,32+,33?,36-/m1/s1. The van der Waals surface area contributed by atoms with Crippen LogP contribution >= 0.6 is 0 Å². The van der Waals surface area contributed by atoms with Crippen LogP contribution in [0.5, 0.6) is 0 Å². The van der Waals surface area contributed by atoms with Crippen LogP contribution in [0.3, 0.4) is 0 Å². The maximum Gasteiger partial charge on any atom is 0.276 e. The molecule has 0 radical (unpaired) electrons. The first kappa shape index (κ1) is 33.1. The summed E-state index contributed by atoms with van der Waals surface area (Å²) in [6, 6.07) is 6.82. The van der Waals surface area contributed by atoms with Gasteiger partial charge in [0.2, 0.25) is 9.84 Å². The van der Waals surface area contributed by atoms with E-state index in [0.717, 1.165) is 44.1 Å². The Hall–Kier alpha value is -1.76.